The van der Waals surface area contributed by atoms with Gasteiger partial charge in [0.15, 0.2) is 0 Å². The van der Waals surface area contributed by atoms with Crippen LogP contribution in [0.3, 0.4) is 0 Å². The van der Waals surface area contributed by atoms with Crippen LogP contribution in [-0.4, -0.2) is 26.8 Å². The summed E-state index contributed by atoms with van der Waals surface area (Å²) in [5.41, 5.74) is 2.94. The molecule has 1 amide bonds. The van der Waals surface area contributed by atoms with Crippen molar-refractivity contribution in [1.82, 2.24) is 9.78 Å². The number of benzene rings is 1. The smallest absolute Gasteiger partial charge is 0.307 e. The first-order chi connectivity index (χ1) is 13.8. The Balaban J connectivity index is 1.56. The van der Waals surface area contributed by atoms with Crippen molar-refractivity contribution in [2.45, 2.75) is 26.8 Å². The lowest BCUT2D eigenvalue weighted by atomic mass is 9.82. The zero-order chi connectivity index (χ0) is 20.9. The highest BCUT2D eigenvalue weighted by Gasteiger charge is 2.51. The largest absolute Gasteiger partial charge is 0.481 e. The number of aromatic nitrogens is 2. The van der Waals surface area contributed by atoms with Crippen LogP contribution in [0.2, 0.25) is 10.0 Å². The molecule has 2 aliphatic rings. The number of aliphatic carboxylic acids is 1. The van der Waals surface area contributed by atoms with Crippen LogP contribution >= 0.6 is 23.2 Å². The van der Waals surface area contributed by atoms with Gasteiger partial charge in [-0.15, -0.1) is 0 Å². The van der Waals surface area contributed by atoms with Crippen molar-refractivity contribution < 1.29 is 14.7 Å². The predicted octanol–water partition coefficient (Wildman–Crippen LogP) is 4.32. The molecule has 2 aromatic rings. The van der Waals surface area contributed by atoms with Crippen molar-refractivity contribution in [1.29, 1.82) is 0 Å². The Bertz CT molecular complexity index is 1030. The van der Waals surface area contributed by atoms with Gasteiger partial charge in [-0.3, -0.25) is 14.3 Å². The Morgan fingerprint density at radius 3 is 2.55 bits per heavy atom. The quantitative estimate of drug-likeness (QED) is 0.687. The first kappa shape index (κ1) is 20.0. The first-order valence-corrected chi connectivity index (χ1v) is 10.2. The van der Waals surface area contributed by atoms with Crippen LogP contribution < -0.4 is 5.32 Å². The third-order valence-corrected chi connectivity index (χ3v) is 6.60. The number of fused-ring (bicyclic) bond motifs is 2. The minimum atomic E-state index is -0.913. The SMILES string of the molecule is Cc1nn(Cc2ccc(Cl)cc2Cl)c(C)c1NC(=O)[C@@H]1[C@@H](C(=O)O)[C@H]2C=C[C@@H]1C2. The first-order valence-electron chi connectivity index (χ1n) is 9.46. The summed E-state index contributed by atoms with van der Waals surface area (Å²) in [7, 11) is 0. The van der Waals surface area contributed by atoms with E-state index in [0.29, 0.717) is 28.0 Å². The van der Waals surface area contributed by atoms with Crippen LogP contribution in [0, 0.1) is 37.5 Å². The van der Waals surface area contributed by atoms with E-state index in [2.05, 4.69) is 10.4 Å². The third kappa shape index (κ3) is 3.55. The van der Waals surface area contributed by atoms with E-state index in [4.69, 9.17) is 23.2 Å². The summed E-state index contributed by atoms with van der Waals surface area (Å²) in [6.07, 6.45) is 4.62. The summed E-state index contributed by atoms with van der Waals surface area (Å²) >= 11 is 12.2. The standard InChI is InChI=1S/C21H21Cl2N3O3/c1-10-19(11(2)26(25-10)9-14-5-6-15(22)8-16(14)23)24-20(27)17-12-3-4-13(7-12)18(17)21(28)29/h3-6,8,12-13,17-18H,7,9H2,1-2H3,(H,24,27)(H,28,29)/t12-,13+,17+,18+/m1/s1. The van der Waals surface area contributed by atoms with Gasteiger partial charge in [0.2, 0.25) is 5.91 Å². The number of carboxylic acids is 1. The van der Waals surface area contributed by atoms with E-state index < -0.39 is 17.8 Å². The van der Waals surface area contributed by atoms with E-state index in [9.17, 15) is 14.7 Å². The van der Waals surface area contributed by atoms with Crippen molar-refractivity contribution in [3.8, 4) is 0 Å². The molecule has 1 fully saturated rings. The molecule has 2 N–H and O–H groups in total. The van der Waals surface area contributed by atoms with Gasteiger partial charge in [-0.2, -0.15) is 5.10 Å². The third-order valence-electron chi connectivity index (χ3n) is 6.01. The van der Waals surface area contributed by atoms with Crippen LogP contribution in [-0.2, 0) is 16.1 Å². The maximum Gasteiger partial charge on any atom is 0.307 e. The zero-order valence-electron chi connectivity index (χ0n) is 16.0. The number of rotatable bonds is 5. The number of allylic oxidation sites excluding steroid dienone is 2. The lowest BCUT2D eigenvalue weighted by Gasteiger charge is -2.23. The van der Waals surface area contributed by atoms with E-state index in [1.165, 1.54) is 0 Å². The number of nitrogens with one attached hydrogen (secondary N) is 1. The van der Waals surface area contributed by atoms with Crippen LogP contribution in [0.15, 0.2) is 30.4 Å². The van der Waals surface area contributed by atoms with Crippen molar-refractivity contribution in [2.24, 2.45) is 23.7 Å². The van der Waals surface area contributed by atoms with Crippen LogP contribution in [0.4, 0.5) is 5.69 Å². The van der Waals surface area contributed by atoms with Gasteiger partial charge < -0.3 is 10.4 Å². The second-order valence-corrected chi connectivity index (χ2v) is 8.61. The Hall–Kier alpha value is -2.31. The number of hydrogen-bond donors (Lipinski definition) is 2. The van der Waals surface area contributed by atoms with Gasteiger partial charge >= 0.3 is 5.97 Å². The second-order valence-electron chi connectivity index (χ2n) is 7.77. The van der Waals surface area contributed by atoms with Gasteiger partial charge in [-0.1, -0.05) is 41.4 Å². The van der Waals surface area contributed by atoms with E-state index in [0.717, 1.165) is 17.7 Å². The molecule has 152 valence electrons. The molecule has 0 radical (unpaired) electrons. The molecule has 0 aliphatic heterocycles. The minimum absolute atomic E-state index is 0.0235. The van der Waals surface area contributed by atoms with Crippen molar-refractivity contribution in [3.63, 3.8) is 0 Å². The predicted molar refractivity (Wildman–Crippen MR) is 111 cm³/mol. The summed E-state index contributed by atoms with van der Waals surface area (Å²) in [5.74, 6) is -2.49. The number of amides is 1. The lowest BCUT2D eigenvalue weighted by Crippen LogP contribution is -2.36. The molecule has 1 aromatic heterocycles. The molecule has 4 atom stereocenters. The highest BCUT2D eigenvalue weighted by Crippen LogP contribution is 2.48. The Labute approximate surface area is 178 Å². The Morgan fingerprint density at radius 2 is 1.90 bits per heavy atom. The summed E-state index contributed by atoms with van der Waals surface area (Å²) in [6, 6.07) is 5.30. The van der Waals surface area contributed by atoms with E-state index in [1.54, 1.807) is 16.8 Å². The minimum Gasteiger partial charge on any atom is -0.481 e. The number of hydrogen-bond acceptors (Lipinski definition) is 3. The van der Waals surface area contributed by atoms with E-state index >= 15 is 0 Å². The fraction of sp³-hybridized carbons (Fsp3) is 0.381. The number of anilines is 1. The number of aryl methyl sites for hydroxylation is 1. The van der Waals surface area contributed by atoms with Gasteiger partial charge in [0, 0.05) is 10.0 Å². The molecular weight excluding hydrogens is 413 g/mol. The van der Waals surface area contributed by atoms with Crippen molar-refractivity contribution in [2.75, 3.05) is 5.32 Å². The Morgan fingerprint density at radius 1 is 1.21 bits per heavy atom. The summed E-state index contributed by atoms with van der Waals surface area (Å²) < 4.78 is 1.77. The molecule has 4 rings (SSSR count). The van der Waals surface area contributed by atoms with Gasteiger partial charge in [0.25, 0.3) is 0 Å². The molecule has 1 saturated carbocycles. The number of nitrogens with zero attached hydrogens (tertiary/aromatic N) is 2. The lowest BCUT2D eigenvalue weighted by molar-refractivity contribution is -0.146. The number of halogens is 2. The average Bonchev–Trinajstić information content (AvgIpc) is 3.34. The fourth-order valence-electron chi connectivity index (χ4n) is 4.57. The number of carbonyl (C=O) groups excluding carboxylic acids is 1. The molecule has 2 bridgehead atoms. The van der Waals surface area contributed by atoms with E-state index in [-0.39, 0.29) is 17.7 Å². The monoisotopic (exact) mass is 433 g/mol. The number of carbonyl (C=O) groups is 2. The van der Waals surface area contributed by atoms with Crippen LogP contribution in [0.5, 0.6) is 0 Å². The topological polar surface area (TPSA) is 84.2 Å². The normalized spacial score (nSPS) is 24.8. The molecule has 0 unspecified atom stereocenters. The highest BCUT2D eigenvalue weighted by atomic mass is 35.5. The van der Waals surface area contributed by atoms with Crippen LogP contribution in [0.25, 0.3) is 0 Å². The maximum absolute atomic E-state index is 13.0. The van der Waals surface area contributed by atoms with Crippen molar-refractivity contribution >= 4 is 40.8 Å². The van der Waals surface area contributed by atoms with Gasteiger partial charge in [-0.05, 0) is 49.8 Å². The zero-order valence-corrected chi connectivity index (χ0v) is 17.5. The molecule has 29 heavy (non-hydrogen) atoms. The molecule has 2 aliphatic carbocycles. The van der Waals surface area contributed by atoms with E-state index in [1.807, 2.05) is 32.1 Å². The Kier molecular flexibility index (Phi) is 5.17. The molecule has 0 spiro atoms. The molecule has 8 heteroatoms. The van der Waals surface area contributed by atoms with Gasteiger partial charge in [0.1, 0.15) is 0 Å². The van der Waals surface area contributed by atoms with Gasteiger partial charge in [-0.25, -0.2) is 0 Å². The molecule has 6 nitrogen and oxygen atoms in total. The van der Waals surface area contributed by atoms with Gasteiger partial charge in [0.05, 0.1) is 35.5 Å². The molecule has 1 heterocycles. The number of carboxylic acid groups (broad SMARTS) is 1. The van der Waals surface area contributed by atoms with Crippen molar-refractivity contribution in [3.05, 3.63) is 57.3 Å². The summed E-state index contributed by atoms with van der Waals surface area (Å²) in [6.45, 7) is 4.12. The molecule has 1 aromatic carbocycles. The van der Waals surface area contributed by atoms with Crippen LogP contribution in [0.1, 0.15) is 23.4 Å². The molecule has 0 saturated heterocycles. The molecular formula is C21H21Cl2N3O3. The highest BCUT2D eigenvalue weighted by molar-refractivity contribution is 6.35. The maximum atomic E-state index is 13.0. The second kappa shape index (κ2) is 7.50. The average molecular weight is 434 g/mol. The summed E-state index contributed by atoms with van der Waals surface area (Å²) in [4.78, 5) is 24.7. The fourth-order valence-corrected chi connectivity index (χ4v) is 5.03. The summed E-state index contributed by atoms with van der Waals surface area (Å²) in [5, 5.41) is 18.2.